The van der Waals surface area contributed by atoms with Gasteiger partial charge in [0.15, 0.2) is 12.2 Å². The Kier molecular flexibility index (Phi) is 78.2. The Hall–Kier alpha value is -1.94. The first-order valence-corrected chi connectivity index (χ1v) is 48.1. The summed E-state index contributed by atoms with van der Waals surface area (Å²) in [5.74, 6) is -1.34. The second-order valence-electron chi connectivity index (χ2n) is 31.8. The van der Waals surface area contributed by atoms with Gasteiger partial charge in [-0.1, -0.05) is 420 Å². The first-order valence-electron chi connectivity index (χ1n) is 45.1. The average Bonchev–Trinajstić information content (AvgIpc) is 0.907. The average molecular weight is 1550 g/mol. The minimum absolute atomic E-state index is 0.107. The van der Waals surface area contributed by atoms with Crippen molar-refractivity contribution in [3.63, 3.8) is 0 Å². The number of hydrogen-bond acceptors (Lipinski definition) is 15. The number of phosphoric acid groups is 2. The number of aliphatic hydroxyl groups excluding tert-OH is 1. The first-order chi connectivity index (χ1) is 51.5. The van der Waals surface area contributed by atoms with Gasteiger partial charge in [-0.25, -0.2) is 9.13 Å². The van der Waals surface area contributed by atoms with Crippen molar-refractivity contribution in [3.05, 3.63) is 0 Å². The highest BCUT2D eigenvalue weighted by atomic mass is 31.2. The van der Waals surface area contributed by atoms with Crippen LogP contribution in [0.1, 0.15) is 471 Å². The monoisotopic (exact) mass is 1550 g/mol. The molecule has 3 N–H and O–H groups in total. The lowest BCUT2D eigenvalue weighted by Gasteiger charge is -2.21. The summed E-state index contributed by atoms with van der Waals surface area (Å²) < 4.78 is 68.8. The van der Waals surface area contributed by atoms with E-state index in [1.807, 2.05) is 0 Å². The van der Waals surface area contributed by atoms with Gasteiger partial charge in [0.25, 0.3) is 0 Å². The van der Waals surface area contributed by atoms with Crippen molar-refractivity contribution in [1.82, 2.24) is 0 Å². The van der Waals surface area contributed by atoms with Crippen LogP contribution in [0.25, 0.3) is 0 Å². The van der Waals surface area contributed by atoms with E-state index < -0.39 is 97.5 Å². The van der Waals surface area contributed by atoms with Gasteiger partial charge in [-0.3, -0.25) is 37.3 Å². The minimum atomic E-state index is -4.97. The van der Waals surface area contributed by atoms with Crippen molar-refractivity contribution in [3.8, 4) is 0 Å². The summed E-state index contributed by atoms with van der Waals surface area (Å²) in [4.78, 5) is 73.1. The smallest absolute Gasteiger partial charge is 0.462 e. The highest BCUT2D eigenvalue weighted by molar-refractivity contribution is 7.47. The zero-order valence-electron chi connectivity index (χ0n) is 69.6. The molecule has 0 rings (SSSR count). The molecule has 2 unspecified atom stereocenters. The number of carbonyl (C=O) groups excluding carboxylic acids is 4. The van der Waals surface area contributed by atoms with Crippen LogP contribution in [-0.4, -0.2) is 96.7 Å². The van der Waals surface area contributed by atoms with Crippen LogP contribution in [0.5, 0.6) is 0 Å². The number of ether oxygens (including phenoxy) is 4. The number of aliphatic hydroxyl groups is 1. The molecule has 0 spiro atoms. The van der Waals surface area contributed by atoms with Crippen LogP contribution in [0, 0.1) is 5.92 Å². The van der Waals surface area contributed by atoms with E-state index in [2.05, 4.69) is 34.6 Å². The molecule has 0 aromatic carbocycles. The van der Waals surface area contributed by atoms with Gasteiger partial charge in [0.1, 0.15) is 19.3 Å². The molecule has 0 fully saturated rings. The van der Waals surface area contributed by atoms with E-state index in [-0.39, 0.29) is 25.7 Å². The van der Waals surface area contributed by atoms with Crippen LogP contribution in [0.3, 0.4) is 0 Å². The van der Waals surface area contributed by atoms with E-state index in [9.17, 15) is 43.2 Å². The highest BCUT2D eigenvalue weighted by Gasteiger charge is 2.30. The van der Waals surface area contributed by atoms with Crippen molar-refractivity contribution in [1.29, 1.82) is 0 Å². The summed E-state index contributed by atoms with van der Waals surface area (Å²) in [5.41, 5.74) is 0. The molecule has 17 nitrogen and oxygen atoms in total. The molecule has 0 aliphatic heterocycles. The molecule has 0 amide bonds. The number of unbranched alkanes of at least 4 members (excludes halogenated alkanes) is 59. The van der Waals surface area contributed by atoms with Crippen LogP contribution in [0.2, 0.25) is 0 Å². The Balaban J connectivity index is 5.16. The standard InChI is InChI=1S/C87H170O17P2/c1-6-9-12-15-18-21-23-25-27-29-31-33-35-37-39-41-43-47-51-56-61-66-71-85(90)98-77-83(104-86(91)72-67-62-57-52-48-44-42-40-38-36-34-32-30-28-26-24-22-19-16-13-10-7-2)79-102-106(95,96)100-75-81(88)74-99-105(93,94)101-78-82(76-97-84(89)70-65-60-55-20-17-14-11-8-3)103-87(92)73-68-63-58-53-49-45-46-50-54-59-64-69-80(4)5/h80-83,88H,6-79H2,1-5H3,(H,93,94)(H,95,96)/t81-,82+,83+/m0/s1. The van der Waals surface area contributed by atoms with Crippen LogP contribution in [0.15, 0.2) is 0 Å². The number of phosphoric ester groups is 2. The highest BCUT2D eigenvalue weighted by Crippen LogP contribution is 2.45. The van der Waals surface area contributed by atoms with E-state index in [0.717, 1.165) is 102 Å². The van der Waals surface area contributed by atoms with Crippen molar-refractivity contribution in [2.24, 2.45) is 5.92 Å². The van der Waals surface area contributed by atoms with E-state index >= 15 is 0 Å². The third kappa shape index (κ3) is 80.1. The lowest BCUT2D eigenvalue weighted by molar-refractivity contribution is -0.161. The summed E-state index contributed by atoms with van der Waals surface area (Å²) >= 11 is 0. The molecule has 106 heavy (non-hydrogen) atoms. The summed E-state index contributed by atoms with van der Waals surface area (Å²) in [7, 11) is -9.92. The van der Waals surface area contributed by atoms with E-state index in [1.165, 1.54) is 289 Å². The number of carbonyl (C=O) groups is 4. The molecule has 0 bridgehead atoms. The second kappa shape index (κ2) is 79.7. The quantitative estimate of drug-likeness (QED) is 0.0222. The summed E-state index contributed by atoms with van der Waals surface area (Å²) in [6, 6.07) is 0. The van der Waals surface area contributed by atoms with Crippen LogP contribution in [0.4, 0.5) is 0 Å². The van der Waals surface area contributed by atoms with Crippen molar-refractivity contribution >= 4 is 39.5 Å². The van der Waals surface area contributed by atoms with Gasteiger partial charge in [-0.05, 0) is 31.6 Å². The maximum atomic E-state index is 13.2. The fourth-order valence-electron chi connectivity index (χ4n) is 13.6. The SMILES string of the molecule is CCCCCCCCCCCCCCCCCCCCCCCCC(=O)OC[C@H](COP(=O)(O)OC[C@@H](O)COP(=O)(O)OC[C@@H](COC(=O)CCCCCCCCCC)OC(=O)CCCCCCCCCCCCCC(C)C)OC(=O)CCCCCCCCCCCCCCCCCCCCCCCC. The number of rotatable bonds is 87. The van der Waals surface area contributed by atoms with Gasteiger partial charge in [0, 0.05) is 25.7 Å². The molecule has 0 radical (unpaired) electrons. The predicted molar refractivity (Wildman–Crippen MR) is 437 cm³/mol. The maximum absolute atomic E-state index is 13.2. The summed E-state index contributed by atoms with van der Waals surface area (Å²) in [6.07, 6.45) is 74.0. The fourth-order valence-corrected chi connectivity index (χ4v) is 15.2. The first kappa shape index (κ1) is 104. The molecule has 0 aliphatic rings. The van der Waals surface area contributed by atoms with Crippen molar-refractivity contribution in [2.45, 2.75) is 490 Å². The summed E-state index contributed by atoms with van der Waals surface area (Å²) in [5, 5.41) is 10.7. The van der Waals surface area contributed by atoms with E-state index in [4.69, 9.17) is 37.0 Å². The van der Waals surface area contributed by atoms with Gasteiger partial charge < -0.3 is 33.8 Å². The Morgan fingerprint density at radius 3 is 0.642 bits per heavy atom. The van der Waals surface area contributed by atoms with Crippen molar-refractivity contribution < 1.29 is 80.2 Å². The normalized spacial score (nSPS) is 13.7. The predicted octanol–water partition coefficient (Wildman–Crippen LogP) is 26.8. The lowest BCUT2D eigenvalue weighted by atomic mass is 10.0. The molecule has 5 atom stereocenters. The van der Waals surface area contributed by atoms with Gasteiger partial charge in [-0.2, -0.15) is 0 Å². The van der Waals surface area contributed by atoms with Gasteiger partial charge in [-0.15, -0.1) is 0 Å². The Bertz CT molecular complexity index is 2010. The molecule has 0 saturated heterocycles. The molecule has 630 valence electrons. The summed E-state index contributed by atoms with van der Waals surface area (Å²) in [6.45, 7) is 7.33. The van der Waals surface area contributed by atoms with Crippen LogP contribution < -0.4 is 0 Å². The van der Waals surface area contributed by atoms with E-state index in [1.54, 1.807) is 0 Å². The van der Waals surface area contributed by atoms with Gasteiger partial charge in [0.2, 0.25) is 0 Å². The second-order valence-corrected chi connectivity index (χ2v) is 34.7. The van der Waals surface area contributed by atoms with Gasteiger partial charge >= 0.3 is 39.5 Å². The Morgan fingerprint density at radius 1 is 0.255 bits per heavy atom. The molecule has 19 heteroatoms. The fraction of sp³-hybridized carbons (Fsp3) is 0.954. The van der Waals surface area contributed by atoms with Gasteiger partial charge in [0.05, 0.1) is 26.4 Å². The molecule has 0 aromatic heterocycles. The van der Waals surface area contributed by atoms with Crippen LogP contribution in [-0.2, 0) is 65.4 Å². The Morgan fingerprint density at radius 2 is 0.434 bits per heavy atom. The Labute approximate surface area is 651 Å². The van der Waals surface area contributed by atoms with Crippen LogP contribution >= 0.6 is 15.6 Å². The third-order valence-corrected chi connectivity index (χ3v) is 22.4. The minimum Gasteiger partial charge on any atom is -0.462 e. The number of esters is 4. The third-order valence-electron chi connectivity index (χ3n) is 20.5. The molecular formula is C87H170O17P2. The molecule has 0 saturated carbocycles. The zero-order valence-corrected chi connectivity index (χ0v) is 71.4. The molecule has 0 aliphatic carbocycles. The lowest BCUT2D eigenvalue weighted by Crippen LogP contribution is -2.30. The molecular weight excluding hydrogens is 1380 g/mol. The molecule has 0 heterocycles. The van der Waals surface area contributed by atoms with E-state index in [0.29, 0.717) is 25.7 Å². The zero-order chi connectivity index (χ0) is 77.6. The number of hydrogen-bond donors (Lipinski definition) is 3. The maximum Gasteiger partial charge on any atom is 0.472 e. The molecule has 0 aromatic rings. The van der Waals surface area contributed by atoms with Crippen molar-refractivity contribution in [2.75, 3.05) is 39.6 Å². The largest absolute Gasteiger partial charge is 0.472 e. The topological polar surface area (TPSA) is 237 Å².